The number of allylic oxidation sites excluding steroid dienone is 2. The van der Waals surface area contributed by atoms with Crippen molar-refractivity contribution < 1.29 is 18.8 Å². The van der Waals surface area contributed by atoms with Crippen LogP contribution in [0.4, 0.5) is 11.9 Å². The van der Waals surface area contributed by atoms with Gasteiger partial charge in [0, 0.05) is 30.6 Å². The first-order valence-electron chi connectivity index (χ1n) is 13.8. The molecule has 0 spiro atoms. The van der Waals surface area contributed by atoms with Crippen molar-refractivity contribution in [1.82, 2.24) is 28.9 Å². The third-order valence-electron chi connectivity index (χ3n) is 7.46. The Bertz CT molecular complexity index is 2160. The fraction of sp³-hybridized carbons (Fsp3) is 0.200. The Kier molecular flexibility index (Phi) is 6.88. The number of nitrogens with one attached hydrogen (secondary N) is 1. The van der Waals surface area contributed by atoms with E-state index in [1.54, 1.807) is 39.6 Å². The lowest BCUT2D eigenvalue weighted by molar-refractivity contribution is 0.0992. The van der Waals surface area contributed by atoms with Crippen LogP contribution in [0.15, 0.2) is 53.2 Å². The van der Waals surface area contributed by atoms with Crippen molar-refractivity contribution in [2.24, 2.45) is 11.5 Å². The number of aromatic nitrogens is 6. The van der Waals surface area contributed by atoms with E-state index >= 15 is 0 Å². The monoisotopic (exact) mass is 594 g/mol. The number of nitrogens with two attached hydrogens (primary N) is 3. The highest BCUT2D eigenvalue weighted by molar-refractivity contribution is 6.13. The molecule has 3 amide bonds. The highest BCUT2D eigenvalue weighted by Crippen LogP contribution is 2.31. The van der Waals surface area contributed by atoms with Crippen LogP contribution in [0.5, 0.6) is 0 Å². The van der Waals surface area contributed by atoms with Crippen molar-refractivity contribution in [1.29, 1.82) is 0 Å². The molecule has 0 saturated carbocycles. The number of hydrogen-bond acceptors (Lipinski definition) is 8. The highest BCUT2D eigenvalue weighted by Gasteiger charge is 2.21. The molecule has 44 heavy (non-hydrogen) atoms. The van der Waals surface area contributed by atoms with Gasteiger partial charge in [-0.2, -0.15) is 5.10 Å². The summed E-state index contributed by atoms with van der Waals surface area (Å²) >= 11 is 0. The first-order valence-corrected chi connectivity index (χ1v) is 13.8. The molecule has 4 aromatic heterocycles. The van der Waals surface area contributed by atoms with Gasteiger partial charge in [-0.15, -0.1) is 0 Å². The maximum absolute atomic E-state index is 13.3. The van der Waals surface area contributed by atoms with Gasteiger partial charge in [0.05, 0.1) is 34.1 Å². The lowest BCUT2D eigenvalue weighted by Gasteiger charge is -2.10. The van der Waals surface area contributed by atoms with E-state index in [0.29, 0.717) is 69.9 Å². The van der Waals surface area contributed by atoms with Crippen molar-refractivity contribution in [2.75, 3.05) is 11.1 Å². The molecule has 6 rings (SSSR count). The number of aryl methyl sites for hydroxylation is 3. The topological polar surface area (TPSA) is 208 Å². The second kappa shape index (κ2) is 10.7. The molecule has 0 fully saturated rings. The molecule has 0 unspecified atom stereocenters. The van der Waals surface area contributed by atoms with Crippen molar-refractivity contribution in [3.63, 3.8) is 0 Å². The smallest absolute Gasteiger partial charge is 0.276 e. The maximum Gasteiger partial charge on any atom is 0.276 e. The Morgan fingerprint density at radius 3 is 2.39 bits per heavy atom. The van der Waals surface area contributed by atoms with Crippen LogP contribution in [0.2, 0.25) is 0 Å². The van der Waals surface area contributed by atoms with Crippen LogP contribution >= 0.6 is 0 Å². The van der Waals surface area contributed by atoms with E-state index in [2.05, 4.69) is 20.4 Å². The van der Waals surface area contributed by atoms with Crippen LogP contribution in [0.3, 0.4) is 0 Å². The molecule has 0 radical (unpaired) electrons. The maximum atomic E-state index is 13.3. The standard InChI is InChI=1S/C30H30N10O4/c1-4-40-22(12-16(3)37-40)28(43)36-30-35-20-13-17(26(31)41)11-15(2)23(20)39(30)9-6-5-8-38-24-21(34-29(38)33)14-19(27(32)42)18-7-10-44-25(18)24/h5-7,10-14H,4,8-9H2,1-3H3,(H2,31,41)(H2,32,42)(H2,33,34)(H,35,36,43). The fourth-order valence-corrected chi connectivity index (χ4v) is 5.52. The van der Waals surface area contributed by atoms with Gasteiger partial charge in [-0.3, -0.25) is 24.4 Å². The van der Waals surface area contributed by atoms with E-state index in [0.717, 1.165) is 16.8 Å². The molecule has 7 N–H and O–H groups in total. The number of fused-ring (bicyclic) bond motifs is 4. The minimum absolute atomic E-state index is 0.239. The Balaban J connectivity index is 1.35. The van der Waals surface area contributed by atoms with Crippen LogP contribution in [0.25, 0.3) is 33.0 Å². The summed E-state index contributed by atoms with van der Waals surface area (Å²) in [5.41, 5.74) is 22.7. The van der Waals surface area contributed by atoms with Gasteiger partial charge in [0.1, 0.15) is 11.2 Å². The molecular formula is C30H30N10O4. The number of hydrogen-bond donors (Lipinski definition) is 4. The first kappa shape index (κ1) is 28.2. The molecule has 0 aliphatic carbocycles. The van der Waals surface area contributed by atoms with E-state index in [9.17, 15) is 14.4 Å². The van der Waals surface area contributed by atoms with Gasteiger partial charge in [-0.25, -0.2) is 9.97 Å². The lowest BCUT2D eigenvalue weighted by atomic mass is 10.1. The predicted molar refractivity (Wildman–Crippen MR) is 165 cm³/mol. The minimum Gasteiger partial charge on any atom is -0.462 e. The average Bonchev–Trinajstić information content (AvgIpc) is 3.74. The summed E-state index contributed by atoms with van der Waals surface area (Å²) in [6.07, 6.45) is 5.29. The zero-order valence-corrected chi connectivity index (χ0v) is 24.3. The number of primary amides is 2. The summed E-state index contributed by atoms with van der Waals surface area (Å²) in [7, 11) is 0. The molecule has 0 aliphatic rings. The summed E-state index contributed by atoms with van der Waals surface area (Å²) in [4.78, 5) is 46.3. The second-order valence-electron chi connectivity index (χ2n) is 10.4. The second-order valence-corrected chi connectivity index (χ2v) is 10.4. The minimum atomic E-state index is -0.589. The molecule has 224 valence electrons. The number of furan rings is 1. The number of nitrogen functional groups attached to an aromatic ring is 1. The highest BCUT2D eigenvalue weighted by atomic mass is 16.3. The normalized spacial score (nSPS) is 11.8. The quantitative estimate of drug-likeness (QED) is 0.182. The van der Waals surface area contributed by atoms with E-state index in [1.807, 2.05) is 37.5 Å². The van der Waals surface area contributed by atoms with Gasteiger partial charge in [-0.1, -0.05) is 12.2 Å². The van der Waals surface area contributed by atoms with Gasteiger partial charge in [-0.05, 0) is 56.7 Å². The zero-order valence-electron chi connectivity index (χ0n) is 24.3. The summed E-state index contributed by atoms with van der Waals surface area (Å²) in [6.45, 7) is 6.76. The first-order chi connectivity index (χ1) is 21.1. The van der Waals surface area contributed by atoms with Gasteiger partial charge < -0.3 is 30.8 Å². The molecule has 14 nitrogen and oxygen atoms in total. The molecule has 14 heteroatoms. The number of imidazole rings is 2. The fourth-order valence-electron chi connectivity index (χ4n) is 5.52. The van der Waals surface area contributed by atoms with Crippen molar-refractivity contribution in [3.05, 3.63) is 76.8 Å². The van der Waals surface area contributed by atoms with Crippen LogP contribution in [0, 0.1) is 13.8 Å². The Morgan fingerprint density at radius 1 is 0.955 bits per heavy atom. The number of carbonyl (C=O) groups excluding carboxylic acids is 3. The Hall–Kier alpha value is -5.92. The van der Waals surface area contributed by atoms with E-state index < -0.39 is 11.8 Å². The lowest BCUT2D eigenvalue weighted by Crippen LogP contribution is -2.20. The molecule has 0 bridgehead atoms. The van der Waals surface area contributed by atoms with Gasteiger partial charge in [0.15, 0.2) is 5.58 Å². The molecule has 6 aromatic rings. The number of rotatable bonds is 9. The van der Waals surface area contributed by atoms with Crippen LogP contribution in [-0.2, 0) is 19.6 Å². The van der Waals surface area contributed by atoms with E-state index in [1.165, 1.54) is 6.26 Å². The van der Waals surface area contributed by atoms with Crippen LogP contribution in [0.1, 0.15) is 49.4 Å². The summed E-state index contributed by atoms with van der Waals surface area (Å²) in [5.74, 6) is -0.992. The van der Waals surface area contributed by atoms with Gasteiger partial charge >= 0.3 is 0 Å². The molecule has 2 aromatic carbocycles. The van der Waals surface area contributed by atoms with Gasteiger partial charge in [0.25, 0.3) is 5.91 Å². The summed E-state index contributed by atoms with van der Waals surface area (Å²) in [6, 6.07) is 8.30. The zero-order chi connectivity index (χ0) is 31.3. The summed E-state index contributed by atoms with van der Waals surface area (Å²) < 4.78 is 10.9. The third kappa shape index (κ3) is 4.71. The number of amides is 3. The third-order valence-corrected chi connectivity index (χ3v) is 7.46. The Labute approximate surface area is 250 Å². The van der Waals surface area contributed by atoms with E-state index in [-0.39, 0.29) is 11.9 Å². The van der Waals surface area contributed by atoms with Crippen molar-refractivity contribution in [3.8, 4) is 0 Å². The number of nitrogens with zero attached hydrogens (tertiary/aromatic N) is 6. The number of benzene rings is 2. The Morgan fingerprint density at radius 2 is 1.68 bits per heavy atom. The SMILES string of the molecule is CCn1nc(C)cc1C(=O)Nc1nc2cc(C(N)=O)cc(C)c2n1CC=CCn1c(N)nc2cc(C(N)=O)c3ccoc3c21. The predicted octanol–water partition coefficient (Wildman–Crippen LogP) is 3.25. The molecular weight excluding hydrogens is 564 g/mol. The molecule has 0 aliphatic heterocycles. The van der Waals surface area contributed by atoms with Crippen LogP contribution in [-0.4, -0.2) is 46.6 Å². The average molecular weight is 595 g/mol. The van der Waals surface area contributed by atoms with Crippen LogP contribution < -0.4 is 22.5 Å². The molecule has 0 saturated heterocycles. The molecule has 4 heterocycles. The van der Waals surface area contributed by atoms with Crippen molar-refractivity contribution in [2.45, 2.75) is 40.4 Å². The van der Waals surface area contributed by atoms with E-state index in [4.69, 9.17) is 21.6 Å². The summed E-state index contributed by atoms with van der Waals surface area (Å²) in [5, 5.41) is 7.85. The van der Waals surface area contributed by atoms with Crippen molar-refractivity contribution >= 4 is 62.7 Å². The van der Waals surface area contributed by atoms with Gasteiger partial charge in [0.2, 0.25) is 23.7 Å². The number of anilines is 2. The number of carbonyl (C=O) groups is 3. The largest absolute Gasteiger partial charge is 0.462 e. The molecule has 0 atom stereocenters.